The first-order chi connectivity index (χ1) is 13.0. The van der Waals surface area contributed by atoms with E-state index in [1.54, 1.807) is 6.08 Å². The van der Waals surface area contributed by atoms with Gasteiger partial charge in [-0.2, -0.15) is 0 Å². The van der Waals surface area contributed by atoms with Gasteiger partial charge in [-0.05, 0) is 29.2 Å². The Morgan fingerprint density at radius 2 is 2.07 bits per heavy atom. The normalized spacial score (nSPS) is 15.6. The minimum absolute atomic E-state index is 0.123. The fraction of sp³-hybridized carbons (Fsp3) is 0.105. The van der Waals surface area contributed by atoms with Gasteiger partial charge in [-0.1, -0.05) is 24.3 Å². The molecule has 0 fully saturated rings. The first-order valence-electron chi connectivity index (χ1n) is 8.26. The number of nitrogens with one attached hydrogen (secondary N) is 2. The number of carboxylic acid groups (broad SMARTS) is 1. The van der Waals surface area contributed by atoms with E-state index < -0.39 is 12.0 Å². The number of hydrogen-bond acceptors (Lipinski definition) is 5. The Morgan fingerprint density at radius 3 is 2.81 bits per heavy atom. The number of benzene rings is 1. The lowest BCUT2D eigenvalue weighted by Crippen LogP contribution is -2.32. The molecule has 7 nitrogen and oxygen atoms in total. The van der Waals surface area contributed by atoms with Crippen molar-refractivity contribution in [1.82, 2.24) is 10.2 Å². The second-order valence-electron chi connectivity index (χ2n) is 6.13. The number of allylic oxidation sites excluding steroid dienone is 1. The van der Waals surface area contributed by atoms with Gasteiger partial charge in [0.2, 0.25) is 0 Å². The zero-order chi connectivity index (χ0) is 19.0. The van der Waals surface area contributed by atoms with E-state index in [-0.39, 0.29) is 12.0 Å². The molecule has 5 N–H and O–H groups in total. The second-order valence-corrected chi connectivity index (χ2v) is 7.08. The van der Waals surface area contributed by atoms with Crippen molar-refractivity contribution in [3.05, 3.63) is 74.0 Å². The number of carboxylic acids is 1. The summed E-state index contributed by atoms with van der Waals surface area (Å²) in [5.74, 6) is -1.08. The molecule has 0 saturated carbocycles. The highest BCUT2D eigenvalue weighted by Crippen LogP contribution is 2.28. The largest absolute Gasteiger partial charge is 0.480 e. The molecule has 1 aliphatic rings. The molecular weight excluding hydrogens is 364 g/mol. The maximum Gasteiger partial charge on any atom is 0.320 e. The molecule has 1 unspecified atom stereocenters. The summed E-state index contributed by atoms with van der Waals surface area (Å²) in [5.41, 5.74) is 7.90. The Labute approximate surface area is 157 Å². The van der Waals surface area contributed by atoms with Crippen molar-refractivity contribution in [2.45, 2.75) is 12.5 Å². The molecule has 27 heavy (non-hydrogen) atoms. The van der Waals surface area contributed by atoms with Gasteiger partial charge in [-0.15, -0.1) is 11.3 Å². The zero-order valence-corrected chi connectivity index (χ0v) is 14.9. The Kier molecular flexibility index (Phi) is 4.35. The minimum atomic E-state index is -1.08. The van der Waals surface area contributed by atoms with Gasteiger partial charge in [0.05, 0.1) is 27.2 Å². The first kappa shape index (κ1) is 17.2. The summed E-state index contributed by atoms with van der Waals surface area (Å²) in [4.78, 5) is 29.1. The van der Waals surface area contributed by atoms with Crippen LogP contribution in [0.25, 0.3) is 22.2 Å². The third-order valence-corrected chi connectivity index (χ3v) is 5.27. The summed E-state index contributed by atoms with van der Waals surface area (Å²) < 4.78 is 0. The van der Waals surface area contributed by atoms with E-state index in [1.807, 2.05) is 41.8 Å². The van der Waals surface area contributed by atoms with E-state index in [1.165, 1.54) is 11.3 Å². The lowest BCUT2D eigenvalue weighted by Gasteiger charge is -2.09. The van der Waals surface area contributed by atoms with Gasteiger partial charge in [0.25, 0.3) is 5.56 Å². The average Bonchev–Trinajstić information content (AvgIpc) is 3.36. The fourth-order valence-electron chi connectivity index (χ4n) is 3.06. The number of nitrogens with zero attached hydrogens (tertiary/aromatic N) is 1. The van der Waals surface area contributed by atoms with Crippen molar-refractivity contribution in [2.24, 2.45) is 10.7 Å². The molecule has 1 atom stereocenters. The van der Waals surface area contributed by atoms with Gasteiger partial charge >= 0.3 is 5.97 Å². The van der Waals surface area contributed by atoms with Gasteiger partial charge in [0.1, 0.15) is 6.04 Å². The highest BCUT2D eigenvalue weighted by atomic mass is 32.1. The molecular formula is C19H16N4O3S. The molecule has 1 aliphatic heterocycles. The Balaban J connectivity index is 1.87. The number of H-pyrrole nitrogens is 2. The number of aromatic nitrogens is 2. The maximum absolute atomic E-state index is 12.3. The molecule has 1 aromatic carbocycles. The SMILES string of the molecule is NC(CC1=c2ccccc2=N/C1=C/c1c(-c2cccs2)[nH][nH]c1=O)C(=O)O. The molecule has 0 bridgehead atoms. The van der Waals surface area contributed by atoms with Crippen LogP contribution in [0.15, 0.2) is 57.3 Å². The summed E-state index contributed by atoms with van der Waals surface area (Å²) in [6.07, 6.45) is 1.81. The van der Waals surface area contributed by atoms with E-state index in [9.17, 15) is 14.7 Å². The monoisotopic (exact) mass is 380 g/mol. The molecule has 0 saturated heterocycles. The average molecular weight is 380 g/mol. The van der Waals surface area contributed by atoms with Gasteiger partial charge in [0.15, 0.2) is 0 Å². The second kappa shape index (κ2) is 6.82. The smallest absolute Gasteiger partial charge is 0.320 e. The van der Waals surface area contributed by atoms with E-state index in [4.69, 9.17) is 5.73 Å². The zero-order valence-electron chi connectivity index (χ0n) is 14.1. The maximum atomic E-state index is 12.3. The third kappa shape index (κ3) is 3.16. The third-order valence-electron chi connectivity index (χ3n) is 4.38. The molecule has 0 amide bonds. The van der Waals surface area contributed by atoms with Gasteiger partial charge < -0.3 is 10.8 Å². The Hall–Kier alpha value is -3.23. The number of aromatic amines is 2. The lowest BCUT2D eigenvalue weighted by molar-refractivity contribution is -0.138. The predicted molar refractivity (Wildman–Crippen MR) is 104 cm³/mol. The molecule has 0 aliphatic carbocycles. The molecule has 8 heteroatoms. The molecule has 0 radical (unpaired) electrons. The molecule has 136 valence electrons. The number of nitrogens with two attached hydrogens (primary N) is 1. The quantitative estimate of drug-likeness (QED) is 0.528. The number of thiophene rings is 1. The summed E-state index contributed by atoms with van der Waals surface area (Å²) in [7, 11) is 0. The highest BCUT2D eigenvalue weighted by molar-refractivity contribution is 7.13. The number of rotatable bonds is 5. The van der Waals surface area contributed by atoms with Crippen LogP contribution >= 0.6 is 11.3 Å². The van der Waals surface area contributed by atoms with E-state index >= 15 is 0 Å². The van der Waals surface area contributed by atoms with E-state index in [0.29, 0.717) is 17.0 Å². The summed E-state index contributed by atoms with van der Waals surface area (Å²) >= 11 is 1.51. The number of aliphatic carboxylic acids is 1. The number of carbonyl (C=O) groups is 1. The van der Waals surface area contributed by atoms with Gasteiger partial charge in [-0.3, -0.25) is 19.8 Å². The molecule has 3 aromatic rings. The van der Waals surface area contributed by atoms with Crippen LogP contribution in [-0.4, -0.2) is 27.3 Å². The van der Waals surface area contributed by atoms with Crippen LogP contribution in [0, 0.1) is 0 Å². The Morgan fingerprint density at radius 1 is 1.26 bits per heavy atom. The number of hydrogen-bond donors (Lipinski definition) is 4. The van der Waals surface area contributed by atoms with Gasteiger partial charge in [-0.25, -0.2) is 4.99 Å². The van der Waals surface area contributed by atoms with Crippen molar-refractivity contribution >= 4 is 29.0 Å². The number of fused-ring (bicyclic) bond motifs is 1. The van der Waals surface area contributed by atoms with Crippen LogP contribution in [0.1, 0.15) is 12.0 Å². The van der Waals surface area contributed by atoms with Crippen LogP contribution in [0.2, 0.25) is 0 Å². The topological polar surface area (TPSA) is 124 Å². The van der Waals surface area contributed by atoms with E-state index in [0.717, 1.165) is 21.0 Å². The molecule has 2 aromatic heterocycles. The van der Waals surface area contributed by atoms with Crippen LogP contribution in [-0.2, 0) is 4.79 Å². The molecule has 3 heterocycles. The summed E-state index contributed by atoms with van der Waals surface area (Å²) in [6.45, 7) is 0. The van der Waals surface area contributed by atoms with Crippen molar-refractivity contribution < 1.29 is 9.90 Å². The minimum Gasteiger partial charge on any atom is -0.480 e. The van der Waals surface area contributed by atoms with E-state index in [2.05, 4.69) is 15.2 Å². The van der Waals surface area contributed by atoms with Crippen LogP contribution in [0.4, 0.5) is 0 Å². The summed E-state index contributed by atoms with van der Waals surface area (Å²) in [5, 5.41) is 18.2. The lowest BCUT2D eigenvalue weighted by atomic mass is 10.0. The van der Waals surface area contributed by atoms with Crippen LogP contribution < -0.4 is 21.9 Å². The Bertz CT molecular complexity index is 1220. The van der Waals surface area contributed by atoms with Crippen molar-refractivity contribution in [3.8, 4) is 10.6 Å². The first-order valence-corrected chi connectivity index (χ1v) is 9.14. The van der Waals surface area contributed by atoms with Crippen molar-refractivity contribution in [2.75, 3.05) is 0 Å². The van der Waals surface area contributed by atoms with Crippen LogP contribution in [0.3, 0.4) is 0 Å². The van der Waals surface area contributed by atoms with Crippen molar-refractivity contribution in [3.63, 3.8) is 0 Å². The molecule has 0 spiro atoms. The fourth-order valence-corrected chi connectivity index (χ4v) is 3.80. The molecule has 4 rings (SSSR count). The van der Waals surface area contributed by atoms with Crippen molar-refractivity contribution in [1.29, 1.82) is 0 Å². The van der Waals surface area contributed by atoms with Gasteiger partial charge in [0, 0.05) is 11.6 Å². The number of para-hydroxylation sites is 1. The van der Waals surface area contributed by atoms with Crippen LogP contribution in [0.5, 0.6) is 0 Å². The predicted octanol–water partition coefficient (Wildman–Crippen LogP) is 1.06. The highest BCUT2D eigenvalue weighted by Gasteiger charge is 2.21. The standard InChI is InChI=1S/C19H16N4O3S/c20-13(19(25)26)8-11-10-4-1-2-5-14(10)21-15(11)9-12-17(22-23-18(12)24)16-6-3-7-27-16/h1-7,9,13H,8,20H2,(H,25,26)(H2,22,23,24)/b15-9+. The summed E-state index contributed by atoms with van der Waals surface area (Å²) in [6, 6.07) is 10.2.